The van der Waals surface area contributed by atoms with E-state index >= 15 is 0 Å². The van der Waals surface area contributed by atoms with E-state index in [1.807, 2.05) is 11.8 Å². The molecule has 1 unspecified atom stereocenters. The Labute approximate surface area is 123 Å². The number of nitrogens with two attached hydrogens (primary N) is 1. The summed E-state index contributed by atoms with van der Waals surface area (Å²) in [5.74, 6) is 0.293. The van der Waals surface area contributed by atoms with Crippen LogP contribution in [0.15, 0.2) is 24.3 Å². The van der Waals surface area contributed by atoms with Crippen LogP contribution >= 0.6 is 0 Å². The highest BCUT2D eigenvalue weighted by Gasteiger charge is 2.24. The molecule has 0 spiro atoms. The molecule has 2 atom stereocenters. The zero-order valence-electron chi connectivity index (χ0n) is 13.2. The van der Waals surface area contributed by atoms with E-state index in [-0.39, 0.29) is 11.8 Å². The molecule has 0 bridgehead atoms. The lowest BCUT2D eigenvalue weighted by atomic mass is 9.98. The number of benzene rings is 1. The molecule has 2 N–H and O–H groups in total. The van der Waals surface area contributed by atoms with Gasteiger partial charge in [-0.25, -0.2) is 0 Å². The number of amides is 1. The van der Waals surface area contributed by atoms with Crippen LogP contribution in [0.25, 0.3) is 0 Å². The predicted molar refractivity (Wildman–Crippen MR) is 84.3 cm³/mol. The van der Waals surface area contributed by atoms with E-state index in [4.69, 9.17) is 5.73 Å². The van der Waals surface area contributed by atoms with Crippen molar-refractivity contribution in [1.29, 1.82) is 0 Å². The molecule has 0 aliphatic carbocycles. The third-order valence-corrected chi connectivity index (χ3v) is 3.84. The number of hydrogen-bond donors (Lipinski definition) is 1. The summed E-state index contributed by atoms with van der Waals surface area (Å²) in [5.41, 5.74) is 8.48. The van der Waals surface area contributed by atoms with Crippen molar-refractivity contribution in [2.45, 2.75) is 53.1 Å². The summed E-state index contributed by atoms with van der Waals surface area (Å²) in [5, 5.41) is 0. The minimum absolute atomic E-state index is 0.0711. The van der Waals surface area contributed by atoms with Gasteiger partial charge in [0.1, 0.15) is 0 Å². The van der Waals surface area contributed by atoms with E-state index in [0.29, 0.717) is 6.54 Å². The molecule has 112 valence electrons. The molecular formula is C17H28N2O. The maximum Gasteiger partial charge on any atom is 0.240 e. The van der Waals surface area contributed by atoms with Gasteiger partial charge in [-0.3, -0.25) is 4.79 Å². The summed E-state index contributed by atoms with van der Waals surface area (Å²) in [7, 11) is 0. The Hall–Kier alpha value is -1.35. The lowest BCUT2D eigenvalue weighted by Gasteiger charge is -2.28. The molecule has 3 nitrogen and oxygen atoms in total. The van der Waals surface area contributed by atoms with Gasteiger partial charge in [0.15, 0.2) is 0 Å². The van der Waals surface area contributed by atoms with Gasteiger partial charge < -0.3 is 10.6 Å². The molecule has 0 fully saturated rings. The lowest BCUT2D eigenvalue weighted by Crippen LogP contribution is -2.47. The normalized spacial score (nSPS) is 13.8. The Morgan fingerprint density at radius 1 is 1.25 bits per heavy atom. The van der Waals surface area contributed by atoms with Crippen molar-refractivity contribution in [1.82, 2.24) is 4.90 Å². The molecule has 0 aliphatic rings. The molecule has 20 heavy (non-hydrogen) atoms. The highest BCUT2D eigenvalue weighted by Crippen LogP contribution is 2.13. The predicted octanol–water partition coefficient (Wildman–Crippen LogP) is 3.11. The Kier molecular flexibility index (Phi) is 6.73. The second-order valence-electron chi connectivity index (χ2n) is 5.66. The SMILES string of the molecule is CCCN(Cc1ccc(C)cc1)C(=O)[C@@H](N)C(C)CC. The summed E-state index contributed by atoms with van der Waals surface area (Å²) < 4.78 is 0. The van der Waals surface area contributed by atoms with Crippen LogP contribution in [0.3, 0.4) is 0 Å². The minimum Gasteiger partial charge on any atom is -0.337 e. The molecule has 0 aliphatic heterocycles. The molecular weight excluding hydrogens is 248 g/mol. The molecule has 1 amide bonds. The van der Waals surface area contributed by atoms with Crippen LogP contribution in [0, 0.1) is 12.8 Å². The summed E-state index contributed by atoms with van der Waals surface area (Å²) in [6.45, 7) is 9.68. The van der Waals surface area contributed by atoms with Crippen molar-refractivity contribution in [3.63, 3.8) is 0 Å². The molecule has 1 aromatic rings. The number of hydrogen-bond acceptors (Lipinski definition) is 2. The van der Waals surface area contributed by atoms with Crippen molar-refractivity contribution in [2.24, 2.45) is 11.7 Å². The largest absolute Gasteiger partial charge is 0.337 e. The van der Waals surface area contributed by atoms with Crippen LogP contribution in [-0.4, -0.2) is 23.4 Å². The lowest BCUT2D eigenvalue weighted by molar-refractivity contribution is -0.134. The van der Waals surface area contributed by atoms with Crippen molar-refractivity contribution >= 4 is 5.91 Å². The molecule has 1 aromatic carbocycles. The van der Waals surface area contributed by atoms with E-state index in [0.717, 1.165) is 24.9 Å². The monoisotopic (exact) mass is 276 g/mol. The van der Waals surface area contributed by atoms with E-state index < -0.39 is 6.04 Å². The Morgan fingerprint density at radius 3 is 2.35 bits per heavy atom. The Balaban J connectivity index is 2.77. The highest BCUT2D eigenvalue weighted by atomic mass is 16.2. The fraction of sp³-hybridized carbons (Fsp3) is 0.588. The standard InChI is InChI=1S/C17H28N2O/c1-5-11-19(17(20)16(18)14(4)6-2)12-15-9-7-13(3)8-10-15/h7-10,14,16H,5-6,11-12,18H2,1-4H3/t14?,16-/m0/s1. The van der Waals surface area contributed by atoms with Gasteiger partial charge in [-0.1, -0.05) is 57.0 Å². The molecule has 1 rings (SSSR count). The smallest absolute Gasteiger partial charge is 0.240 e. The number of aryl methyl sites for hydroxylation is 1. The number of rotatable bonds is 7. The quantitative estimate of drug-likeness (QED) is 0.831. The Morgan fingerprint density at radius 2 is 1.85 bits per heavy atom. The van der Waals surface area contributed by atoms with Gasteiger partial charge in [0.05, 0.1) is 6.04 Å². The van der Waals surface area contributed by atoms with Crippen LogP contribution in [0.1, 0.15) is 44.7 Å². The van der Waals surface area contributed by atoms with Gasteiger partial charge >= 0.3 is 0 Å². The van der Waals surface area contributed by atoms with Gasteiger partial charge in [0.25, 0.3) is 0 Å². The van der Waals surface area contributed by atoms with Crippen molar-refractivity contribution < 1.29 is 4.79 Å². The topological polar surface area (TPSA) is 46.3 Å². The molecule has 3 heteroatoms. The summed E-state index contributed by atoms with van der Waals surface area (Å²) >= 11 is 0. The van der Waals surface area contributed by atoms with Gasteiger partial charge in [-0.2, -0.15) is 0 Å². The maximum absolute atomic E-state index is 12.5. The van der Waals surface area contributed by atoms with Crippen LogP contribution in [-0.2, 0) is 11.3 Å². The summed E-state index contributed by atoms with van der Waals surface area (Å²) in [6, 6.07) is 7.94. The molecule has 0 saturated heterocycles. The molecule has 0 aromatic heterocycles. The van der Waals surface area contributed by atoms with Gasteiger partial charge in [0, 0.05) is 13.1 Å². The first-order valence-electron chi connectivity index (χ1n) is 7.59. The molecule has 0 heterocycles. The van der Waals surface area contributed by atoms with E-state index in [9.17, 15) is 4.79 Å². The minimum atomic E-state index is -0.392. The fourth-order valence-electron chi connectivity index (χ4n) is 2.16. The zero-order valence-corrected chi connectivity index (χ0v) is 13.2. The van der Waals surface area contributed by atoms with E-state index in [1.165, 1.54) is 5.56 Å². The number of carbonyl (C=O) groups excluding carboxylic acids is 1. The van der Waals surface area contributed by atoms with E-state index in [2.05, 4.69) is 45.0 Å². The molecule has 0 saturated carbocycles. The average molecular weight is 276 g/mol. The van der Waals surface area contributed by atoms with Gasteiger partial charge in [0.2, 0.25) is 5.91 Å². The van der Waals surface area contributed by atoms with Crippen molar-refractivity contribution in [3.05, 3.63) is 35.4 Å². The number of carbonyl (C=O) groups is 1. The second kappa shape index (κ2) is 8.05. The van der Waals surface area contributed by atoms with Crippen molar-refractivity contribution in [2.75, 3.05) is 6.54 Å². The van der Waals surface area contributed by atoms with Crippen LogP contribution in [0.4, 0.5) is 0 Å². The van der Waals surface area contributed by atoms with E-state index in [1.54, 1.807) is 0 Å². The third kappa shape index (κ3) is 4.64. The second-order valence-corrected chi connectivity index (χ2v) is 5.66. The number of nitrogens with zero attached hydrogens (tertiary/aromatic N) is 1. The first kappa shape index (κ1) is 16.7. The van der Waals surface area contributed by atoms with Gasteiger partial charge in [-0.15, -0.1) is 0 Å². The maximum atomic E-state index is 12.5. The van der Waals surface area contributed by atoms with Crippen molar-refractivity contribution in [3.8, 4) is 0 Å². The van der Waals surface area contributed by atoms with Gasteiger partial charge in [-0.05, 0) is 24.8 Å². The summed E-state index contributed by atoms with van der Waals surface area (Å²) in [6.07, 6.45) is 1.88. The van der Waals surface area contributed by atoms with Crippen LogP contribution in [0.2, 0.25) is 0 Å². The molecule has 0 radical (unpaired) electrons. The first-order chi connectivity index (χ1) is 9.49. The zero-order chi connectivity index (χ0) is 15.1. The van der Waals surface area contributed by atoms with Crippen LogP contribution in [0.5, 0.6) is 0 Å². The Bertz CT molecular complexity index is 414. The highest BCUT2D eigenvalue weighted by molar-refractivity contribution is 5.82. The summed E-state index contributed by atoms with van der Waals surface area (Å²) in [4.78, 5) is 14.4. The van der Waals surface area contributed by atoms with Crippen LogP contribution < -0.4 is 5.73 Å². The third-order valence-electron chi connectivity index (χ3n) is 3.84. The first-order valence-corrected chi connectivity index (χ1v) is 7.59. The average Bonchev–Trinajstić information content (AvgIpc) is 2.46. The fourth-order valence-corrected chi connectivity index (χ4v) is 2.16.